The highest BCUT2D eigenvalue weighted by Crippen LogP contribution is 2.47. The second kappa shape index (κ2) is 17.3. The van der Waals surface area contributed by atoms with Gasteiger partial charge in [-0.05, 0) is 115 Å². The Morgan fingerprint density at radius 1 is 0.324 bits per heavy atom. The Morgan fingerprint density at radius 2 is 0.704 bits per heavy atom. The summed E-state index contributed by atoms with van der Waals surface area (Å²) in [5, 5.41) is 0. The zero-order valence-corrected chi connectivity index (χ0v) is 41.2. The van der Waals surface area contributed by atoms with Crippen LogP contribution in [0.3, 0.4) is 0 Å². The molecule has 342 valence electrons. The molecule has 0 radical (unpaired) electrons. The highest BCUT2D eigenvalue weighted by atomic mass is 15.2. The normalized spacial score (nSPS) is 12.8. The van der Waals surface area contributed by atoms with Gasteiger partial charge >= 0.3 is 0 Å². The largest absolute Gasteiger partial charge is 0.311 e. The standard InChI is InChI=1S/C66H55BN4/c1-65(2,3)51-29-33-53(34-30-51)70-59-37-27-48(44-19-11-7-12-20-44)39-55(59)67-56-40-49(45-21-13-8-14-22-45)28-38-60(56)71(54-35-31-52(32-36-54)66(4,5)6)62-42-50(41-61(70)63(62)67)58-43-57(46-23-15-9-16-24-46)68-64(69-58)47-25-17-10-18-26-47/h7-43H,1-6H3. The number of anilines is 6. The van der Waals surface area contributed by atoms with Gasteiger partial charge < -0.3 is 9.80 Å². The third-order valence-electron chi connectivity index (χ3n) is 14.4. The molecule has 0 unspecified atom stereocenters. The van der Waals surface area contributed by atoms with Crippen LogP contribution in [0, 0.1) is 0 Å². The highest BCUT2D eigenvalue weighted by Gasteiger charge is 2.44. The molecule has 0 fully saturated rings. The SMILES string of the molecule is CC(C)(C)c1ccc(N2c3ccc(-c4ccccc4)cc3B3c4cc(-c5ccccc5)ccc4N(c4ccc(C(C)(C)C)cc4)c4cc(-c5cc(-c6ccccc6)nc(-c6ccccc6)n5)cc2c43)cc1. The van der Waals surface area contributed by atoms with Crippen molar-refractivity contribution in [1.29, 1.82) is 0 Å². The van der Waals surface area contributed by atoms with Crippen molar-refractivity contribution in [2.45, 2.75) is 52.4 Å². The molecule has 3 heterocycles. The first-order valence-electron chi connectivity index (χ1n) is 24.8. The molecule has 1 aromatic heterocycles. The molecule has 10 aromatic rings. The summed E-state index contributed by atoms with van der Waals surface area (Å²) < 4.78 is 0. The van der Waals surface area contributed by atoms with E-state index in [1.807, 2.05) is 6.07 Å². The van der Waals surface area contributed by atoms with Gasteiger partial charge in [-0.15, -0.1) is 0 Å². The lowest BCUT2D eigenvalue weighted by molar-refractivity contribution is 0.590. The average molecular weight is 915 g/mol. The van der Waals surface area contributed by atoms with Crippen molar-refractivity contribution >= 4 is 57.2 Å². The quantitative estimate of drug-likeness (QED) is 0.149. The number of hydrogen-bond donors (Lipinski definition) is 0. The maximum atomic E-state index is 5.46. The second-order valence-electron chi connectivity index (χ2n) is 21.1. The number of nitrogens with zero attached hydrogens (tertiary/aromatic N) is 4. The predicted molar refractivity (Wildman–Crippen MR) is 301 cm³/mol. The molecular weight excluding hydrogens is 860 g/mol. The summed E-state index contributed by atoms with van der Waals surface area (Å²) >= 11 is 0. The lowest BCUT2D eigenvalue weighted by Gasteiger charge is -2.44. The number of hydrogen-bond acceptors (Lipinski definition) is 4. The van der Waals surface area contributed by atoms with E-state index in [0.717, 1.165) is 62.2 Å². The van der Waals surface area contributed by atoms with Crippen molar-refractivity contribution in [3.05, 3.63) is 236 Å². The third-order valence-corrected chi connectivity index (χ3v) is 14.4. The molecule has 0 saturated carbocycles. The molecule has 9 aromatic carbocycles. The van der Waals surface area contributed by atoms with Crippen molar-refractivity contribution in [2.75, 3.05) is 9.80 Å². The van der Waals surface area contributed by atoms with Gasteiger partial charge in [-0.1, -0.05) is 211 Å². The van der Waals surface area contributed by atoms with Gasteiger partial charge in [0.2, 0.25) is 0 Å². The highest BCUT2D eigenvalue weighted by molar-refractivity contribution is 7.00. The maximum absolute atomic E-state index is 5.46. The summed E-state index contributed by atoms with van der Waals surface area (Å²) in [4.78, 5) is 15.7. The number of rotatable bonds is 7. The Labute approximate surface area is 419 Å². The lowest BCUT2D eigenvalue weighted by Crippen LogP contribution is -2.61. The van der Waals surface area contributed by atoms with E-state index in [-0.39, 0.29) is 17.5 Å². The minimum absolute atomic E-state index is 0.00373. The van der Waals surface area contributed by atoms with Crippen LogP contribution in [-0.2, 0) is 10.8 Å². The Hall–Kier alpha value is -8.28. The lowest BCUT2D eigenvalue weighted by atomic mass is 9.33. The van der Waals surface area contributed by atoms with Gasteiger partial charge in [0.05, 0.1) is 11.4 Å². The van der Waals surface area contributed by atoms with Crippen LogP contribution in [-0.4, -0.2) is 16.7 Å². The summed E-state index contributed by atoms with van der Waals surface area (Å²) in [6, 6.07) is 82.2. The van der Waals surface area contributed by atoms with Crippen molar-refractivity contribution < 1.29 is 0 Å². The molecule has 2 aliphatic rings. The number of benzene rings is 9. The first-order chi connectivity index (χ1) is 34.5. The van der Waals surface area contributed by atoms with Gasteiger partial charge in [0, 0.05) is 50.8 Å². The first-order valence-corrected chi connectivity index (χ1v) is 24.8. The van der Waals surface area contributed by atoms with Gasteiger partial charge in [-0.2, -0.15) is 0 Å². The van der Waals surface area contributed by atoms with E-state index in [2.05, 4.69) is 270 Å². The van der Waals surface area contributed by atoms with Crippen molar-refractivity contribution in [2.24, 2.45) is 0 Å². The van der Waals surface area contributed by atoms with Crippen LogP contribution in [0.1, 0.15) is 52.7 Å². The zero-order valence-electron chi connectivity index (χ0n) is 41.2. The minimum Gasteiger partial charge on any atom is -0.311 e. The molecule has 5 heteroatoms. The maximum Gasteiger partial charge on any atom is 0.252 e. The second-order valence-corrected chi connectivity index (χ2v) is 21.1. The van der Waals surface area contributed by atoms with Crippen LogP contribution in [0.15, 0.2) is 224 Å². The van der Waals surface area contributed by atoms with Crippen molar-refractivity contribution in [1.82, 2.24) is 9.97 Å². The van der Waals surface area contributed by atoms with Crippen LogP contribution in [0.4, 0.5) is 34.1 Å². The van der Waals surface area contributed by atoms with E-state index in [9.17, 15) is 0 Å². The molecule has 12 rings (SSSR count). The fraction of sp³-hybridized carbons (Fsp3) is 0.121. The summed E-state index contributed by atoms with van der Waals surface area (Å²) in [5.74, 6) is 0.688. The van der Waals surface area contributed by atoms with Gasteiger partial charge in [-0.3, -0.25) is 0 Å². The number of fused-ring (bicyclic) bond motifs is 4. The average Bonchev–Trinajstić information content (AvgIpc) is 3.41. The fourth-order valence-electron chi connectivity index (χ4n) is 10.6. The molecule has 71 heavy (non-hydrogen) atoms. The summed E-state index contributed by atoms with van der Waals surface area (Å²) in [7, 11) is 0. The summed E-state index contributed by atoms with van der Waals surface area (Å²) in [6.07, 6.45) is 0. The molecule has 0 spiro atoms. The Balaban J connectivity index is 1.19. The van der Waals surface area contributed by atoms with Gasteiger partial charge in [0.25, 0.3) is 6.71 Å². The zero-order chi connectivity index (χ0) is 48.4. The van der Waals surface area contributed by atoms with Gasteiger partial charge in [0.1, 0.15) is 0 Å². The van der Waals surface area contributed by atoms with Crippen molar-refractivity contribution in [3.63, 3.8) is 0 Å². The van der Waals surface area contributed by atoms with E-state index in [1.54, 1.807) is 0 Å². The Kier molecular flexibility index (Phi) is 10.7. The molecule has 2 aliphatic heterocycles. The van der Waals surface area contributed by atoms with Crippen LogP contribution in [0.25, 0.3) is 56.2 Å². The smallest absolute Gasteiger partial charge is 0.252 e. The van der Waals surface area contributed by atoms with Gasteiger partial charge in [0.15, 0.2) is 5.82 Å². The van der Waals surface area contributed by atoms with E-state index in [4.69, 9.17) is 9.97 Å². The molecule has 0 atom stereocenters. The van der Waals surface area contributed by atoms with E-state index in [0.29, 0.717) is 5.82 Å². The molecule has 0 N–H and O–H groups in total. The van der Waals surface area contributed by atoms with Crippen LogP contribution in [0.5, 0.6) is 0 Å². The van der Waals surface area contributed by atoms with E-state index < -0.39 is 0 Å². The van der Waals surface area contributed by atoms with E-state index >= 15 is 0 Å². The van der Waals surface area contributed by atoms with Crippen LogP contribution in [0.2, 0.25) is 0 Å². The van der Waals surface area contributed by atoms with Crippen molar-refractivity contribution in [3.8, 4) is 56.2 Å². The molecule has 4 nitrogen and oxygen atoms in total. The molecular formula is C66H55BN4. The fourth-order valence-corrected chi connectivity index (χ4v) is 10.6. The molecule has 0 aliphatic carbocycles. The minimum atomic E-state index is -0.105. The van der Waals surface area contributed by atoms with Crippen LogP contribution >= 0.6 is 0 Å². The molecule has 0 saturated heterocycles. The third kappa shape index (κ3) is 8.02. The predicted octanol–water partition coefficient (Wildman–Crippen LogP) is 15.5. The van der Waals surface area contributed by atoms with Crippen LogP contribution < -0.4 is 26.2 Å². The Bertz CT molecular complexity index is 3350. The van der Waals surface area contributed by atoms with E-state index in [1.165, 1.54) is 49.8 Å². The first kappa shape index (κ1) is 44.0. The Morgan fingerprint density at radius 3 is 1.11 bits per heavy atom. The monoisotopic (exact) mass is 914 g/mol. The summed E-state index contributed by atoms with van der Waals surface area (Å²) in [6.45, 7) is 13.6. The molecule has 0 amide bonds. The topological polar surface area (TPSA) is 32.3 Å². The van der Waals surface area contributed by atoms with Gasteiger partial charge in [-0.25, -0.2) is 9.97 Å². The summed E-state index contributed by atoms with van der Waals surface area (Å²) in [5.41, 5.74) is 22.7. The molecule has 0 bridgehead atoms. The number of aromatic nitrogens is 2.